The Bertz CT molecular complexity index is 592. The lowest BCUT2D eigenvalue weighted by molar-refractivity contribution is 0.0868. The van der Waals surface area contributed by atoms with Gasteiger partial charge in [0.25, 0.3) is 0 Å². The van der Waals surface area contributed by atoms with Crippen molar-refractivity contribution in [3.63, 3.8) is 0 Å². The third-order valence-electron chi connectivity index (χ3n) is 4.91. The number of amides is 1. The van der Waals surface area contributed by atoms with Crippen molar-refractivity contribution in [2.24, 2.45) is 10.9 Å². The molecule has 5 heteroatoms. The summed E-state index contributed by atoms with van der Waals surface area (Å²) in [6.45, 7) is 15.4. The van der Waals surface area contributed by atoms with Crippen LogP contribution in [0.15, 0.2) is 40.7 Å². The molecule has 0 atom stereocenters. The Morgan fingerprint density at radius 3 is 2.28 bits per heavy atom. The van der Waals surface area contributed by atoms with E-state index in [-0.39, 0.29) is 6.09 Å². The van der Waals surface area contributed by atoms with Crippen LogP contribution in [0, 0.1) is 5.92 Å². The fourth-order valence-electron chi connectivity index (χ4n) is 3.46. The predicted molar refractivity (Wildman–Crippen MR) is 103 cm³/mol. The van der Waals surface area contributed by atoms with E-state index in [9.17, 15) is 4.79 Å². The first-order chi connectivity index (χ1) is 12.0. The normalized spacial score (nSPS) is 20.3. The smallest absolute Gasteiger partial charge is 0.409 e. The molecule has 0 unspecified atom stereocenters. The molecule has 1 saturated carbocycles. The number of ether oxygens (including phenoxy) is 1. The summed E-state index contributed by atoms with van der Waals surface area (Å²) in [6.07, 6.45) is 6.15. The molecule has 138 valence electrons. The molecule has 2 rings (SSSR count). The number of aliphatic imine (C=N–C) groups is 1. The van der Waals surface area contributed by atoms with Crippen molar-refractivity contribution in [3.8, 4) is 0 Å². The van der Waals surface area contributed by atoms with Gasteiger partial charge in [-0.05, 0) is 52.0 Å². The molecule has 2 fully saturated rings. The molecule has 0 aromatic heterocycles. The number of hydrogen-bond acceptors (Lipinski definition) is 4. The highest BCUT2D eigenvalue weighted by Crippen LogP contribution is 2.41. The van der Waals surface area contributed by atoms with Gasteiger partial charge in [-0.2, -0.15) is 0 Å². The molecular formula is C20H31N3O2. The number of hydrogen-bond donors (Lipinski definition) is 0. The first-order valence-electron chi connectivity index (χ1n) is 9.23. The summed E-state index contributed by atoms with van der Waals surface area (Å²) in [4.78, 5) is 20.5. The van der Waals surface area contributed by atoms with Gasteiger partial charge in [0.2, 0.25) is 0 Å². The van der Waals surface area contributed by atoms with E-state index < -0.39 is 0 Å². The van der Waals surface area contributed by atoms with E-state index in [4.69, 9.17) is 4.74 Å². The molecule has 0 N–H and O–H groups in total. The molecule has 1 heterocycles. The van der Waals surface area contributed by atoms with Crippen molar-refractivity contribution >= 4 is 11.8 Å². The first kappa shape index (κ1) is 19.3. The van der Waals surface area contributed by atoms with E-state index in [1.54, 1.807) is 11.1 Å². The molecule has 25 heavy (non-hydrogen) atoms. The second-order valence-corrected chi connectivity index (χ2v) is 6.55. The van der Waals surface area contributed by atoms with Gasteiger partial charge in [-0.15, -0.1) is 0 Å². The molecular weight excluding hydrogens is 314 g/mol. The third-order valence-corrected chi connectivity index (χ3v) is 4.91. The molecule has 1 aliphatic heterocycles. The van der Waals surface area contributed by atoms with E-state index in [2.05, 4.69) is 43.3 Å². The van der Waals surface area contributed by atoms with Gasteiger partial charge >= 0.3 is 6.09 Å². The quantitative estimate of drug-likeness (QED) is 0.540. The Morgan fingerprint density at radius 2 is 1.80 bits per heavy atom. The topological polar surface area (TPSA) is 45.1 Å². The van der Waals surface area contributed by atoms with E-state index in [1.807, 2.05) is 6.92 Å². The van der Waals surface area contributed by atoms with Crippen molar-refractivity contribution in [2.75, 3.05) is 32.8 Å². The lowest BCUT2D eigenvalue weighted by Crippen LogP contribution is -2.48. The number of piperazine rings is 1. The average Bonchev–Trinajstić information content (AvgIpc) is 3.44. The molecule has 2 aliphatic rings. The molecule has 1 saturated heterocycles. The summed E-state index contributed by atoms with van der Waals surface area (Å²) >= 11 is 0. The zero-order valence-corrected chi connectivity index (χ0v) is 16.0. The molecule has 0 bridgehead atoms. The molecule has 0 radical (unpaired) electrons. The number of allylic oxidation sites excluding steroid dienone is 4. The fourth-order valence-corrected chi connectivity index (χ4v) is 3.46. The summed E-state index contributed by atoms with van der Waals surface area (Å²) in [6, 6.07) is 0. The Kier molecular flexibility index (Phi) is 6.85. The second kappa shape index (κ2) is 8.88. The predicted octanol–water partition coefficient (Wildman–Crippen LogP) is 4.00. The van der Waals surface area contributed by atoms with Crippen LogP contribution in [-0.2, 0) is 4.74 Å². The SMILES string of the molecule is C=CN=C(C)C(/C(=C\C)C1CC1)=C(\C)N1CCN(C(=O)OCC)CC1. The van der Waals surface area contributed by atoms with Gasteiger partial charge in [0, 0.05) is 49.4 Å². The van der Waals surface area contributed by atoms with Crippen LogP contribution in [0.5, 0.6) is 0 Å². The highest BCUT2D eigenvalue weighted by atomic mass is 16.6. The Morgan fingerprint density at radius 1 is 1.20 bits per heavy atom. The Labute approximate surface area is 151 Å². The van der Waals surface area contributed by atoms with E-state index in [0.29, 0.717) is 25.6 Å². The van der Waals surface area contributed by atoms with Crippen LogP contribution in [-0.4, -0.2) is 54.4 Å². The molecule has 0 aromatic carbocycles. The lowest BCUT2D eigenvalue weighted by atomic mass is 9.95. The number of carbonyl (C=O) groups excluding carboxylic acids is 1. The molecule has 0 aromatic rings. The van der Waals surface area contributed by atoms with Crippen LogP contribution in [0.3, 0.4) is 0 Å². The van der Waals surface area contributed by atoms with Gasteiger partial charge in [0.05, 0.1) is 6.61 Å². The van der Waals surface area contributed by atoms with Crippen LogP contribution in [0.25, 0.3) is 0 Å². The maximum Gasteiger partial charge on any atom is 0.409 e. The maximum atomic E-state index is 11.9. The molecule has 1 aliphatic carbocycles. The summed E-state index contributed by atoms with van der Waals surface area (Å²) in [5, 5.41) is 0. The van der Waals surface area contributed by atoms with Crippen LogP contribution in [0.1, 0.15) is 40.5 Å². The van der Waals surface area contributed by atoms with Crippen molar-refractivity contribution in [2.45, 2.75) is 40.5 Å². The maximum absolute atomic E-state index is 11.9. The first-order valence-corrected chi connectivity index (χ1v) is 9.23. The van der Waals surface area contributed by atoms with E-state index in [1.165, 1.54) is 29.7 Å². The largest absolute Gasteiger partial charge is 0.450 e. The van der Waals surface area contributed by atoms with Crippen molar-refractivity contribution in [1.82, 2.24) is 9.80 Å². The van der Waals surface area contributed by atoms with E-state index in [0.717, 1.165) is 18.8 Å². The minimum absolute atomic E-state index is 0.208. The highest BCUT2D eigenvalue weighted by molar-refractivity contribution is 6.03. The Hall–Kier alpha value is -2.04. The summed E-state index contributed by atoms with van der Waals surface area (Å²) in [5.41, 5.74) is 4.90. The van der Waals surface area contributed by atoms with Gasteiger partial charge in [0.15, 0.2) is 0 Å². The molecule has 5 nitrogen and oxygen atoms in total. The zero-order chi connectivity index (χ0) is 18.4. The minimum Gasteiger partial charge on any atom is -0.450 e. The van der Waals surface area contributed by atoms with Gasteiger partial charge in [0.1, 0.15) is 0 Å². The van der Waals surface area contributed by atoms with Crippen LogP contribution >= 0.6 is 0 Å². The summed E-state index contributed by atoms with van der Waals surface area (Å²) < 4.78 is 5.11. The number of nitrogens with zero attached hydrogens (tertiary/aromatic N) is 3. The van der Waals surface area contributed by atoms with Crippen LogP contribution in [0.4, 0.5) is 4.79 Å². The van der Waals surface area contributed by atoms with Gasteiger partial charge in [-0.3, -0.25) is 4.99 Å². The van der Waals surface area contributed by atoms with Gasteiger partial charge in [-0.1, -0.05) is 12.7 Å². The summed E-state index contributed by atoms with van der Waals surface area (Å²) in [7, 11) is 0. The minimum atomic E-state index is -0.208. The number of carbonyl (C=O) groups is 1. The average molecular weight is 345 g/mol. The molecule has 1 amide bonds. The monoisotopic (exact) mass is 345 g/mol. The van der Waals surface area contributed by atoms with Crippen LogP contribution in [0.2, 0.25) is 0 Å². The van der Waals surface area contributed by atoms with Crippen molar-refractivity contribution in [1.29, 1.82) is 0 Å². The van der Waals surface area contributed by atoms with Crippen LogP contribution < -0.4 is 0 Å². The molecule has 0 spiro atoms. The van der Waals surface area contributed by atoms with E-state index >= 15 is 0 Å². The Balaban J connectivity index is 2.20. The van der Waals surface area contributed by atoms with Crippen molar-refractivity contribution in [3.05, 3.63) is 35.7 Å². The summed E-state index contributed by atoms with van der Waals surface area (Å²) in [5.74, 6) is 0.658. The zero-order valence-electron chi connectivity index (χ0n) is 16.0. The van der Waals surface area contributed by atoms with Gasteiger partial charge in [-0.25, -0.2) is 4.79 Å². The highest BCUT2D eigenvalue weighted by Gasteiger charge is 2.31. The lowest BCUT2D eigenvalue weighted by Gasteiger charge is -2.37. The third kappa shape index (κ3) is 4.74. The second-order valence-electron chi connectivity index (χ2n) is 6.55. The van der Waals surface area contributed by atoms with Gasteiger partial charge < -0.3 is 14.5 Å². The fraction of sp³-hybridized carbons (Fsp3) is 0.600. The number of rotatable bonds is 6. The standard InChI is InChI=1S/C20H31N3O2/c1-6-18(17-9-10-17)19(15(4)21-7-2)16(5)22-11-13-23(14-12-22)20(24)25-8-3/h6-7,17H,2,8-14H2,1,3-5H3/b18-6-,19-16-,21-15?. The van der Waals surface area contributed by atoms with Crippen molar-refractivity contribution < 1.29 is 9.53 Å².